The van der Waals surface area contributed by atoms with Crippen molar-refractivity contribution >= 4 is 5.97 Å². The van der Waals surface area contributed by atoms with Gasteiger partial charge in [0.1, 0.15) is 0 Å². The van der Waals surface area contributed by atoms with Crippen LogP contribution in [0.3, 0.4) is 0 Å². The standard InChI is InChI=1S/C9H9F2N.C8H8O3/c10-7-3-1-2-5(9(7)11)6-4-8(6)12;9-7(8(10)11)6-4-2-1-3-5-6/h1-3,6,8H,4,12H2;1-5,7,9H,(H,10,11)/t6-,8+;/m0./s1. The van der Waals surface area contributed by atoms with E-state index in [1.165, 1.54) is 6.07 Å². The van der Waals surface area contributed by atoms with Crippen molar-refractivity contribution in [2.45, 2.75) is 24.5 Å². The van der Waals surface area contributed by atoms with Crippen LogP contribution in [-0.4, -0.2) is 22.2 Å². The van der Waals surface area contributed by atoms with Gasteiger partial charge in [-0.25, -0.2) is 13.6 Å². The summed E-state index contributed by atoms with van der Waals surface area (Å²) in [4.78, 5) is 10.2. The van der Waals surface area contributed by atoms with Crippen LogP contribution in [0, 0.1) is 11.6 Å². The molecule has 1 saturated carbocycles. The fourth-order valence-corrected chi connectivity index (χ4v) is 2.16. The minimum absolute atomic E-state index is 0.0151. The number of hydrogen-bond acceptors (Lipinski definition) is 3. The summed E-state index contributed by atoms with van der Waals surface area (Å²) < 4.78 is 25.7. The smallest absolute Gasteiger partial charge is 0.337 e. The first-order chi connectivity index (χ1) is 10.9. The first-order valence-corrected chi connectivity index (χ1v) is 7.07. The molecule has 0 saturated heterocycles. The summed E-state index contributed by atoms with van der Waals surface area (Å²) in [5.74, 6) is -2.72. The Morgan fingerprint density at radius 3 is 2.26 bits per heavy atom. The minimum atomic E-state index is -1.41. The largest absolute Gasteiger partial charge is 0.479 e. The molecule has 0 spiro atoms. The summed E-state index contributed by atoms with van der Waals surface area (Å²) in [5.41, 5.74) is 6.35. The Morgan fingerprint density at radius 2 is 1.74 bits per heavy atom. The van der Waals surface area contributed by atoms with Gasteiger partial charge in [0.05, 0.1) is 0 Å². The van der Waals surface area contributed by atoms with Crippen molar-refractivity contribution in [3.8, 4) is 0 Å². The highest BCUT2D eigenvalue weighted by atomic mass is 19.2. The molecule has 0 radical (unpaired) electrons. The molecule has 4 N–H and O–H groups in total. The van der Waals surface area contributed by atoms with E-state index in [0.29, 0.717) is 11.1 Å². The van der Waals surface area contributed by atoms with E-state index in [1.54, 1.807) is 36.4 Å². The van der Waals surface area contributed by atoms with Crippen molar-refractivity contribution in [3.63, 3.8) is 0 Å². The first-order valence-electron chi connectivity index (χ1n) is 7.07. The van der Waals surface area contributed by atoms with E-state index in [2.05, 4.69) is 0 Å². The number of aliphatic hydroxyl groups is 1. The lowest BCUT2D eigenvalue weighted by Crippen LogP contribution is -2.09. The second kappa shape index (κ2) is 7.30. The number of carboxylic acids is 1. The van der Waals surface area contributed by atoms with Crippen molar-refractivity contribution in [3.05, 3.63) is 71.3 Å². The Hall–Kier alpha value is -2.31. The van der Waals surface area contributed by atoms with Crippen LogP contribution in [0.1, 0.15) is 29.6 Å². The number of halogens is 2. The van der Waals surface area contributed by atoms with Crippen LogP contribution in [-0.2, 0) is 4.79 Å². The molecule has 3 atom stereocenters. The molecule has 0 aliphatic heterocycles. The molecule has 1 aliphatic rings. The van der Waals surface area contributed by atoms with Gasteiger partial charge in [-0.1, -0.05) is 42.5 Å². The van der Waals surface area contributed by atoms with E-state index in [-0.39, 0.29) is 12.0 Å². The van der Waals surface area contributed by atoms with Crippen LogP contribution in [0.4, 0.5) is 8.78 Å². The summed E-state index contributed by atoms with van der Waals surface area (Å²) in [7, 11) is 0. The Morgan fingerprint density at radius 1 is 1.13 bits per heavy atom. The van der Waals surface area contributed by atoms with Gasteiger partial charge in [0, 0.05) is 12.0 Å². The molecule has 2 aromatic carbocycles. The molecule has 1 fully saturated rings. The van der Waals surface area contributed by atoms with Crippen LogP contribution in [0.5, 0.6) is 0 Å². The lowest BCUT2D eigenvalue weighted by molar-refractivity contribution is -0.146. The van der Waals surface area contributed by atoms with Gasteiger partial charge in [-0.15, -0.1) is 0 Å². The third-order valence-electron chi connectivity index (χ3n) is 3.57. The molecule has 23 heavy (non-hydrogen) atoms. The maximum absolute atomic E-state index is 13.0. The monoisotopic (exact) mass is 321 g/mol. The van der Waals surface area contributed by atoms with Gasteiger partial charge in [0.2, 0.25) is 0 Å². The zero-order valence-corrected chi connectivity index (χ0v) is 12.2. The zero-order chi connectivity index (χ0) is 17.0. The van der Waals surface area contributed by atoms with Crippen LogP contribution in [0.15, 0.2) is 48.5 Å². The van der Waals surface area contributed by atoms with E-state index in [1.807, 2.05) is 0 Å². The van der Waals surface area contributed by atoms with Gasteiger partial charge in [-0.3, -0.25) is 0 Å². The Balaban J connectivity index is 0.000000168. The van der Waals surface area contributed by atoms with Crippen LogP contribution >= 0.6 is 0 Å². The van der Waals surface area contributed by atoms with E-state index >= 15 is 0 Å². The van der Waals surface area contributed by atoms with Crippen molar-refractivity contribution in [1.82, 2.24) is 0 Å². The molecular formula is C17H17F2NO3. The molecule has 4 nitrogen and oxygen atoms in total. The number of rotatable bonds is 3. The second-order valence-electron chi connectivity index (χ2n) is 5.30. The van der Waals surface area contributed by atoms with E-state index in [9.17, 15) is 13.6 Å². The number of hydrogen-bond donors (Lipinski definition) is 3. The average molecular weight is 321 g/mol. The molecule has 6 heteroatoms. The van der Waals surface area contributed by atoms with Crippen molar-refractivity contribution in [2.24, 2.45) is 5.73 Å². The fourth-order valence-electron chi connectivity index (χ4n) is 2.16. The minimum Gasteiger partial charge on any atom is -0.479 e. The molecule has 0 amide bonds. The quantitative estimate of drug-likeness (QED) is 0.811. The number of nitrogens with two attached hydrogens (primary N) is 1. The van der Waals surface area contributed by atoms with Gasteiger partial charge < -0.3 is 15.9 Å². The number of carbonyl (C=O) groups is 1. The third-order valence-corrected chi connectivity index (χ3v) is 3.57. The summed E-state index contributed by atoms with van der Waals surface area (Å²) in [5, 5.41) is 17.4. The molecule has 2 aromatic rings. The molecule has 122 valence electrons. The van der Waals surface area contributed by atoms with Crippen LogP contribution in [0.2, 0.25) is 0 Å². The molecule has 1 aliphatic carbocycles. The zero-order valence-electron chi connectivity index (χ0n) is 12.2. The second-order valence-corrected chi connectivity index (χ2v) is 5.30. The number of aliphatic carboxylic acids is 1. The summed E-state index contributed by atoms with van der Waals surface area (Å²) >= 11 is 0. The molecular weight excluding hydrogens is 304 g/mol. The van der Waals surface area contributed by atoms with Crippen molar-refractivity contribution < 1.29 is 23.8 Å². The van der Waals surface area contributed by atoms with Crippen LogP contribution in [0.25, 0.3) is 0 Å². The topological polar surface area (TPSA) is 83.6 Å². The van der Waals surface area contributed by atoms with Gasteiger partial charge in [-0.2, -0.15) is 0 Å². The summed E-state index contributed by atoms with van der Waals surface area (Å²) in [6.45, 7) is 0. The number of carboxylic acid groups (broad SMARTS) is 1. The van der Waals surface area contributed by atoms with E-state index < -0.39 is 23.7 Å². The highest BCUT2D eigenvalue weighted by Crippen LogP contribution is 2.40. The lowest BCUT2D eigenvalue weighted by Gasteiger charge is -2.03. The fraction of sp³-hybridized carbons (Fsp3) is 0.235. The predicted octanol–water partition coefficient (Wildman–Crippen LogP) is 2.58. The van der Waals surface area contributed by atoms with Crippen LogP contribution < -0.4 is 5.73 Å². The maximum atomic E-state index is 13.0. The van der Waals surface area contributed by atoms with Crippen molar-refractivity contribution in [2.75, 3.05) is 0 Å². The lowest BCUT2D eigenvalue weighted by atomic mass is 10.1. The van der Waals surface area contributed by atoms with E-state index in [0.717, 1.165) is 12.5 Å². The number of aliphatic hydroxyl groups excluding tert-OH is 1. The molecule has 0 heterocycles. The molecule has 0 aromatic heterocycles. The summed E-state index contributed by atoms with van der Waals surface area (Å²) in [6.07, 6.45) is -0.642. The highest BCUT2D eigenvalue weighted by Gasteiger charge is 2.37. The maximum Gasteiger partial charge on any atom is 0.337 e. The normalized spacial score (nSPS) is 20.2. The average Bonchev–Trinajstić information content (AvgIpc) is 3.27. The van der Waals surface area contributed by atoms with Gasteiger partial charge in [0.25, 0.3) is 0 Å². The SMILES string of the molecule is N[C@@H]1C[C@H]1c1cccc(F)c1F.O=C(O)C(O)c1ccccc1. The molecule has 3 rings (SSSR count). The van der Waals surface area contributed by atoms with Gasteiger partial charge in [0.15, 0.2) is 17.7 Å². The third kappa shape index (κ3) is 4.34. The van der Waals surface area contributed by atoms with Crippen molar-refractivity contribution in [1.29, 1.82) is 0 Å². The Kier molecular flexibility index (Phi) is 5.41. The Labute approximate surface area is 132 Å². The molecule has 1 unspecified atom stereocenters. The number of benzene rings is 2. The Bertz CT molecular complexity index is 679. The van der Waals surface area contributed by atoms with Gasteiger partial charge >= 0.3 is 5.97 Å². The summed E-state index contributed by atoms with van der Waals surface area (Å²) in [6, 6.07) is 12.5. The van der Waals surface area contributed by atoms with E-state index in [4.69, 9.17) is 15.9 Å². The highest BCUT2D eigenvalue weighted by molar-refractivity contribution is 5.73. The first kappa shape index (κ1) is 17.1. The van der Waals surface area contributed by atoms with Gasteiger partial charge in [-0.05, 0) is 23.6 Å². The molecule has 0 bridgehead atoms. The predicted molar refractivity (Wildman–Crippen MR) is 80.7 cm³/mol.